The largest absolute Gasteiger partial charge is 0.454 e. The molecule has 1 aliphatic rings. The van der Waals surface area contributed by atoms with Crippen molar-refractivity contribution in [1.29, 1.82) is 0 Å². The Morgan fingerprint density at radius 3 is 2.71 bits per heavy atom. The van der Waals surface area contributed by atoms with Gasteiger partial charge in [-0.2, -0.15) is 0 Å². The lowest BCUT2D eigenvalue weighted by Gasteiger charge is -2.12. The second-order valence-electron chi connectivity index (χ2n) is 4.64. The summed E-state index contributed by atoms with van der Waals surface area (Å²) >= 11 is 0. The highest BCUT2D eigenvalue weighted by Gasteiger charge is 2.20. The van der Waals surface area contributed by atoms with Crippen LogP contribution in [0.2, 0.25) is 0 Å². The van der Waals surface area contributed by atoms with Crippen molar-refractivity contribution in [3.63, 3.8) is 0 Å². The Kier molecular flexibility index (Phi) is 3.13. The molecule has 0 saturated carbocycles. The first-order valence-electron chi connectivity index (χ1n) is 6.25. The fraction of sp³-hybridized carbons (Fsp3) is 0.143. The van der Waals surface area contributed by atoms with E-state index < -0.39 is 10.0 Å². The number of benzene rings is 2. The molecule has 0 spiro atoms. The molecule has 3 N–H and O–H groups in total. The lowest BCUT2D eigenvalue weighted by molar-refractivity contribution is 0.174. The Labute approximate surface area is 122 Å². The van der Waals surface area contributed by atoms with Crippen LogP contribution >= 0.6 is 0 Å². The number of nitrogens with two attached hydrogens (primary N) is 1. The molecule has 0 amide bonds. The number of rotatable bonds is 3. The van der Waals surface area contributed by atoms with Crippen molar-refractivity contribution in [3.8, 4) is 11.5 Å². The molecular formula is C14H14N2O4S. The normalized spacial score (nSPS) is 13.2. The van der Waals surface area contributed by atoms with Crippen LogP contribution in [-0.4, -0.2) is 15.2 Å². The van der Waals surface area contributed by atoms with Gasteiger partial charge in [0.2, 0.25) is 6.79 Å². The van der Waals surface area contributed by atoms with E-state index in [1.807, 2.05) is 0 Å². The average Bonchev–Trinajstić information content (AvgIpc) is 2.88. The third-order valence-electron chi connectivity index (χ3n) is 3.24. The maximum absolute atomic E-state index is 12.4. The van der Waals surface area contributed by atoms with Crippen LogP contribution in [0.3, 0.4) is 0 Å². The molecule has 110 valence electrons. The van der Waals surface area contributed by atoms with E-state index in [9.17, 15) is 8.42 Å². The summed E-state index contributed by atoms with van der Waals surface area (Å²) in [4.78, 5) is 0.153. The van der Waals surface area contributed by atoms with E-state index in [4.69, 9.17) is 15.2 Å². The molecule has 0 unspecified atom stereocenters. The molecule has 0 bridgehead atoms. The van der Waals surface area contributed by atoms with Crippen molar-refractivity contribution >= 4 is 21.4 Å². The van der Waals surface area contributed by atoms with Crippen LogP contribution in [0, 0.1) is 6.92 Å². The zero-order chi connectivity index (χ0) is 15.0. The van der Waals surface area contributed by atoms with Crippen LogP contribution in [-0.2, 0) is 10.0 Å². The summed E-state index contributed by atoms with van der Waals surface area (Å²) in [6.07, 6.45) is 0. The zero-order valence-electron chi connectivity index (χ0n) is 11.3. The van der Waals surface area contributed by atoms with Gasteiger partial charge in [-0.15, -0.1) is 0 Å². The zero-order valence-corrected chi connectivity index (χ0v) is 12.1. The van der Waals surface area contributed by atoms with Crippen LogP contribution in [0.25, 0.3) is 0 Å². The molecule has 3 rings (SSSR count). The van der Waals surface area contributed by atoms with Crippen molar-refractivity contribution in [2.45, 2.75) is 11.8 Å². The van der Waals surface area contributed by atoms with E-state index in [0.717, 1.165) is 0 Å². The van der Waals surface area contributed by atoms with Gasteiger partial charge in [-0.25, -0.2) is 8.42 Å². The molecule has 0 atom stereocenters. The van der Waals surface area contributed by atoms with Crippen molar-refractivity contribution in [2.24, 2.45) is 0 Å². The maximum atomic E-state index is 12.4. The molecular weight excluding hydrogens is 292 g/mol. The molecule has 1 aliphatic heterocycles. The SMILES string of the molecule is Cc1c(N)cccc1S(=O)(=O)Nc1ccc2c(c1)OCO2. The van der Waals surface area contributed by atoms with Crippen molar-refractivity contribution < 1.29 is 17.9 Å². The molecule has 0 aliphatic carbocycles. The van der Waals surface area contributed by atoms with Crippen LogP contribution in [0.5, 0.6) is 11.5 Å². The molecule has 2 aromatic carbocycles. The van der Waals surface area contributed by atoms with Gasteiger partial charge in [0.1, 0.15) is 0 Å². The van der Waals surface area contributed by atoms with E-state index in [1.54, 1.807) is 37.3 Å². The Bertz CT molecular complexity index is 803. The fourth-order valence-electron chi connectivity index (χ4n) is 2.09. The summed E-state index contributed by atoms with van der Waals surface area (Å²) in [5, 5.41) is 0. The predicted octanol–water partition coefficient (Wildman–Crippen LogP) is 2.11. The molecule has 1 heterocycles. The van der Waals surface area contributed by atoms with E-state index in [0.29, 0.717) is 28.4 Å². The highest BCUT2D eigenvalue weighted by atomic mass is 32.2. The van der Waals surface area contributed by atoms with Crippen LogP contribution < -0.4 is 19.9 Å². The molecule has 0 aromatic heterocycles. The summed E-state index contributed by atoms with van der Waals surface area (Å²) in [6, 6.07) is 9.65. The number of sulfonamides is 1. The Morgan fingerprint density at radius 1 is 1.14 bits per heavy atom. The molecule has 0 fully saturated rings. The molecule has 0 saturated heterocycles. The van der Waals surface area contributed by atoms with Gasteiger partial charge in [0.25, 0.3) is 10.0 Å². The van der Waals surface area contributed by atoms with Crippen molar-refractivity contribution in [2.75, 3.05) is 17.2 Å². The molecule has 2 aromatic rings. The van der Waals surface area contributed by atoms with Gasteiger partial charge < -0.3 is 15.2 Å². The minimum Gasteiger partial charge on any atom is -0.454 e. The summed E-state index contributed by atoms with van der Waals surface area (Å²) in [5.74, 6) is 1.11. The number of ether oxygens (including phenoxy) is 2. The molecule has 7 heteroatoms. The molecule has 0 radical (unpaired) electrons. The first kappa shape index (κ1) is 13.6. The predicted molar refractivity (Wildman–Crippen MR) is 79.0 cm³/mol. The Morgan fingerprint density at radius 2 is 1.90 bits per heavy atom. The van der Waals surface area contributed by atoms with Gasteiger partial charge in [0.05, 0.1) is 10.6 Å². The van der Waals surface area contributed by atoms with E-state index >= 15 is 0 Å². The second-order valence-corrected chi connectivity index (χ2v) is 6.29. The quantitative estimate of drug-likeness (QED) is 0.848. The highest BCUT2D eigenvalue weighted by molar-refractivity contribution is 7.92. The summed E-state index contributed by atoms with van der Waals surface area (Å²) < 4.78 is 37.8. The monoisotopic (exact) mass is 306 g/mol. The number of anilines is 2. The van der Waals surface area contributed by atoms with Gasteiger partial charge in [-0.1, -0.05) is 6.07 Å². The maximum Gasteiger partial charge on any atom is 0.262 e. The van der Waals surface area contributed by atoms with Gasteiger partial charge in [-0.05, 0) is 36.8 Å². The van der Waals surface area contributed by atoms with E-state index in [2.05, 4.69) is 4.72 Å². The third-order valence-corrected chi connectivity index (χ3v) is 4.77. The number of nitrogen functional groups attached to an aromatic ring is 1. The minimum absolute atomic E-state index is 0.139. The van der Waals surface area contributed by atoms with Crippen LogP contribution in [0.15, 0.2) is 41.3 Å². The lowest BCUT2D eigenvalue weighted by Crippen LogP contribution is -2.14. The van der Waals surface area contributed by atoms with Crippen LogP contribution in [0.4, 0.5) is 11.4 Å². The van der Waals surface area contributed by atoms with Gasteiger partial charge in [0, 0.05) is 11.8 Å². The fourth-order valence-corrected chi connectivity index (χ4v) is 3.42. The number of hydrogen-bond acceptors (Lipinski definition) is 5. The van der Waals surface area contributed by atoms with Gasteiger partial charge in [-0.3, -0.25) is 4.72 Å². The second kappa shape index (κ2) is 4.85. The van der Waals surface area contributed by atoms with Crippen LogP contribution in [0.1, 0.15) is 5.56 Å². The van der Waals surface area contributed by atoms with E-state index in [1.165, 1.54) is 6.07 Å². The van der Waals surface area contributed by atoms with Gasteiger partial charge >= 0.3 is 0 Å². The Balaban J connectivity index is 1.95. The molecule has 21 heavy (non-hydrogen) atoms. The number of hydrogen-bond donors (Lipinski definition) is 2. The van der Waals surface area contributed by atoms with Crippen molar-refractivity contribution in [1.82, 2.24) is 0 Å². The van der Waals surface area contributed by atoms with E-state index in [-0.39, 0.29) is 11.7 Å². The van der Waals surface area contributed by atoms with Crippen molar-refractivity contribution in [3.05, 3.63) is 42.0 Å². The van der Waals surface area contributed by atoms with Gasteiger partial charge in [0.15, 0.2) is 11.5 Å². The average molecular weight is 306 g/mol. The third kappa shape index (κ3) is 2.47. The number of fused-ring (bicyclic) bond motifs is 1. The molecule has 6 nitrogen and oxygen atoms in total. The summed E-state index contributed by atoms with van der Waals surface area (Å²) in [7, 11) is -3.71. The Hall–Kier alpha value is -2.41. The number of nitrogens with one attached hydrogen (secondary N) is 1. The summed E-state index contributed by atoms with van der Waals surface area (Å²) in [6.45, 7) is 1.81. The topological polar surface area (TPSA) is 90.7 Å². The lowest BCUT2D eigenvalue weighted by atomic mass is 10.2. The first-order valence-corrected chi connectivity index (χ1v) is 7.73. The summed E-state index contributed by atoms with van der Waals surface area (Å²) in [5.41, 5.74) is 7.11. The standard InChI is InChI=1S/C14H14N2O4S/c1-9-11(15)3-2-4-14(9)21(17,18)16-10-5-6-12-13(7-10)20-8-19-12/h2-7,16H,8,15H2,1H3. The first-order chi connectivity index (χ1) is 9.97. The minimum atomic E-state index is -3.71. The smallest absolute Gasteiger partial charge is 0.262 e. The highest BCUT2D eigenvalue weighted by Crippen LogP contribution is 2.35.